The first kappa shape index (κ1) is 10.6. The molecule has 0 radical (unpaired) electrons. The summed E-state index contributed by atoms with van der Waals surface area (Å²) >= 11 is 4.92. The van der Waals surface area contributed by atoms with Crippen LogP contribution in [-0.2, 0) is 18.3 Å². The molecule has 0 amide bonds. The second-order valence-electron chi connectivity index (χ2n) is 2.78. The van der Waals surface area contributed by atoms with Gasteiger partial charge >= 0.3 is 5.97 Å². The Balaban J connectivity index is 2.54. The molecule has 1 aromatic rings. The van der Waals surface area contributed by atoms with Gasteiger partial charge in [0.1, 0.15) is 5.82 Å². The second kappa shape index (κ2) is 4.71. The standard InChI is InChI=1S/C8H11N3O2S/c1-11-6(9-10-8(11)14)4-2-3-5-7(12)13/h2-3H,4-5H2,1H3,(H,10,14)(H,12,13)/b3-2+. The van der Waals surface area contributed by atoms with E-state index < -0.39 is 5.97 Å². The molecule has 0 bridgehead atoms. The molecule has 0 aromatic carbocycles. The molecule has 0 spiro atoms. The highest BCUT2D eigenvalue weighted by Crippen LogP contribution is 1.97. The smallest absolute Gasteiger partial charge is 0.307 e. The van der Waals surface area contributed by atoms with Crippen LogP contribution in [0.3, 0.4) is 0 Å². The third kappa shape index (κ3) is 2.81. The van der Waals surface area contributed by atoms with Gasteiger partial charge in [0.05, 0.1) is 6.42 Å². The van der Waals surface area contributed by atoms with E-state index in [0.717, 1.165) is 5.82 Å². The zero-order valence-electron chi connectivity index (χ0n) is 7.73. The van der Waals surface area contributed by atoms with E-state index in [1.165, 1.54) is 0 Å². The van der Waals surface area contributed by atoms with Crippen LogP contribution in [0, 0.1) is 4.77 Å². The lowest BCUT2D eigenvalue weighted by atomic mass is 10.3. The van der Waals surface area contributed by atoms with E-state index in [2.05, 4.69) is 10.2 Å². The van der Waals surface area contributed by atoms with Crippen LogP contribution in [-0.4, -0.2) is 25.8 Å². The molecule has 0 aliphatic heterocycles. The zero-order valence-corrected chi connectivity index (χ0v) is 8.54. The SMILES string of the molecule is Cn1c(C/C=C/CC(=O)O)n[nH]c1=S. The van der Waals surface area contributed by atoms with Crippen molar-refractivity contribution in [2.24, 2.45) is 7.05 Å². The molecule has 1 aromatic heterocycles. The van der Waals surface area contributed by atoms with Gasteiger partial charge in [0.25, 0.3) is 0 Å². The lowest BCUT2D eigenvalue weighted by Crippen LogP contribution is -1.96. The maximum Gasteiger partial charge on any atom is 0.307 e. The van der Waals surface area contributed by atoms with Crippen molar-refractivity contribution in [3.8, 4) is 0 Å². The maximum absolute atomic E-state index is 10.2. The number of aromatic amines is 1. The van der Waals surface area contributed by atoms with Crippen LogP contribution in [0.15, 0.2) is 12.2 Å². The molecular weight excluding hydrogens is 202 g/mol. The van der Waals surface area contributed by atoms with Crippen molar-refractivity contribution in [3.05, 3.63) is 22.7 Å². The normalized spacial score (nSPS) is 10.9. The average molecular weight is 213 g/mol. The molecule has 0 atom stereocenters. The first-order valence-electron chi connectivity index (χ1n) is 4.08. The molecule has 0 aliphatic carbocycles. The van der Waals surface area contributed by atoms with Crippen molar-refractivity contribution >= 4 is 18.2 Å². The summed E-state index contributed by atoms with van der Waals surface area (Å²) in [4.78, 5) is 10.2. The molecule has 6 heteroatoms. The number of hydrogen-bond donors (Lipinski definition) is 2. The Hall–Kier alpha value is -1.43. The molecule has 5 nitrogen and oxygen atoms in total. The molecule has 0 saturated carbocycles. The predicted molar refractivity (Wildman–Crippen MR) is 53.5 cm³/mol. The average Bonchev–Trinajstić information content (AvgIpc) is 2.43. The number of carbonyl (C=O) groups is 1. The van der Waals surface area contributed by atoms with E-state index in [4.69, 9.17) is 17.3 Å². The van der Waals surface area contributed by atoms with E-state index in [-0.39, 0.29) is 6.42 Å². The monoisotopic (exact) mass is 213 g/mol. The summed E-state index contributed by atoms with van der Waals surface area (Å²) in [5.41, 5.74) is 0. The van der Waals surface area contributed by atoms with Gasteiger partial charge in [-0.1, -0.05) is 12.2 Å². The van der Waals surface area contributed by atoms with Crippen LogP contribution in [0.25, 0.3) is 0 Å². The van der Waals surface area contributed by atoms with Crippen LogP contribution in [0.5, 0.6) is 0 Å². The van der Waals surface area contributed by atoms with E-state index >= 15 is 0 Å². The molecule has 1 heterocycles. The summed E-state index contributed by atoms with van der Waals surface area (Å²) in [6.45, 7) is 0. The Morgan fingerprint density at radius 3 is 2.93 bits per heavy atom. The molecule has 14 heavy (non-hydrogen) atoms. The number of H-pyrrole nitrogens is 1. The Labute approximate surface area is 86.1 Å². The maximum atomic E-state index is 10.2. The number of hydrogen-bond acceptors (Lipinski definition) is 3. The quantitative estimate of drug-likeness (QED) is 0.579. The Morgan fingerprint density at radius 2 is 2.43 bits per heavy atom. The van der Waals surface area contributed by atoms with Gasteiger partial charge in [-0.15, -0.1) is 0 Å². The first-order chi connectivity index (χ1) is 6.61. The van der Waals surface area contributed by atoms with Gasteiger partial charge in [0, 0.05) is 13.5 Å². The molecule has 0 saturated heterocycles. The first-order valence-corrected chi connectivity index (χ1v) is 4.49. The summed E-state index contributed by atoms with van der Waals surface area (Å²) < 4.78 is 2.31. The van der Waals surface area contributed by atoms with Crippen molar-refractivity contribution < 1.29 is 9.90 Å². The number of nitrogens with zero attached hydrogens (tertiary/aromatic N) is 2. The third-order valence-electron chi connectivity index (χ3n) is 1.73. The van der Waals surface area contributed by atoms with E-state index in [1.807, 2.05) is 7.05 Å². The highest BCUT2D eigenvalue weighted by atomic mass is 32.1. The number of aliphatic carboxylic acids is 1. The topological polar surface area (TPSA) is 70.9 Å². The van der Waals surface area contributed by atoms with Crippen LogP contribution >= 0.6 is 12.2 Å². The summed E-state index contributed by atoms with van der Waals surface area (Å²) in [7, 11) is 1.81. The Morgan fingerprint density at radius 1 is 1.71 bits per heavy atom. The molecule has 0 fully saturated rings. The van der Waals surface area contributed by atoms with Gasteiger partial charge in [-0.05, 0) is 12.2 Å². The van der Waals surface area contributed by atoms with Gasteiger partial charge in [-0.25, -0.2) is 0 Å². The van der Waals surface area contributed by atoms with Gasteiger partial charge in [0.2, 0.25) is 0 Å². The number of allylic oxidation sites excluding steroid dienone is 1. The highest BCUT2D eigenvalue weighted by molar-refractivity contribution is 7.71. The summed E-state index contributed by atoms with van der Waals surface area (Å²) in [5.74, 6) is -0.0479. The van der Waals surface area contributed by atoms with E-state index in [1.54, 1.807) is 16.7 Å². The fourth-order valence-electron chi connectivity index (χ4n) is 0.935. The molecule has 1 rings (SSSR count). The minimum Gasteiger partial charge on any atom is -0.481 e. The third-order valence-corrected chi connectivity index (χ3v) is 2.10. The minimum atomic E-state index is -0.836. The second-order valence-corrected chi connectivity index (χ2v) is 3.16. The van der Waals surface area contributed by atoms with Gasteiger partial charge in [-0.2, -0.15) is 5.10 Å². The van der Waals surface area contributed by atoms with Crippen molar-refractivity contribution in [3.63, 3.8) is 0 Å². The molecule has 0 unspecified atom stereocenters. The van der Waals surface area contributed by atoms with Crippen molar-refractivity contribution in [1.82, 2.24) is 14.8 Å². The summed E-state index contributed by atoms with van der Waals surface area (Å²) in [6, 6.07) is 0. The van der Waals surface area contributed by atoms with Crippen LogP contribution in [0.2, 0.25) is 0 Å². The largest absolute Gasteiger partial charge is 0.481 e. The zero-order chi connectivity index (χ0) is 10.6. The summed E-state index contributed by atoms with van der Waals surface area (Å²) in [6.07, 6.45) is 3.98. The van der Waals surface area contributed by atoms with Crippen molar-refractivity contribution in [2.45, 2.75) is 12.8 Å². The molecular formula is C8H11N3O2S. The lowest BCUT2D eigenvalue weighted by Gasteiger charge is -1.93. The van der Waals surface area contributed by atoms with Gasteiger partial charge in [-0.3, -0.25) is 9.89 Å². The predicted octanol–water partition coefficient (Wildman–Crippen LogP) is 1.05. The minimum absolute atomic E-state index is 0.0366. The highest BCUT2D eigenvalue weighted by Gasteiger charge is 1.98. The number of rotatable bonds is 4. The number of aromatic nitrogens is 3. The molecule has 76 valence electrons. The summed E-state index contributed by atoms with van der Waals surface area (Å²) in [5, 5.41) is 15.0. The molecule has 2 N–H and O–H groups in total. The number of carboxylic acid groups (broad SMARTS) is 1. The lowest BCUT2D eigenvalue weighted by molar-refractivity contribution is -0.136. The Kier molecular flexibility index (Phi) is 3.58. The number of nitrogens with one attached hydrogen (secondary N) is 1. The molecule has 0 aliphatic rings. The fraction of sp³-hybridized carbons (Fsp3) is 0.375. The van der Waals surface area contributed by atoms with Crippen molar-refractivity contribution in [2.75, 3.05) is 0 Å². The van der Waals surface area contributed by atoms with Crippen LogP contribution < -0.4 is 0 Å². The van der Waals surface area contributed by atoms with Gasteiger partial charge < -0.3 is 9.67 Å². The van der Waals surface area contributed by atoms with Crippen LogP contribution in [0.1, 0.15) is 12.2 Å². The van der Waals surface area contributed by atoms with Gasteiger partial charge in [0.15, 0.2) is 4.77 Å². The van der Waals surface area contributed by atoms with E-state index in [9.17, 15) is 4.79 Å². The van der Waals surface area contributed by atoms with E-state index in [0.29, 0.717) is 11.2 Å². The van der Waals surface area contributed by atoms with Crippen LogP contribution in [0.4, 0.5) is 0 Å². The fourth-order valence-corrected chi connectivity index (χ4v) is 1.09. The Bertz CT molecular complexity index is 405. The van der Waals surface area contributed by atoms with Crippen molar-refractivity contribution in [1.29, 1.82) is 0 Å². The number of carboxylic acids is 1.